The van der Waals surface area contributed by atoms with Crippen LogP contribution >= 0.6 is 15.9 Å². The van der Waals surface area contributed by atoms with Gasteiger partial charge in [0.1, 0.15) is 11.6 Å². The van der Waals surface area contributed by atoms with Crippen LogP contribution in [0.15, 0.2) is 16.6 Å². The third kappa shape index (κ3) is 2.38. The Morgan fingerprint density at radius 2 is 2.00 bits per heavy atom. The van der Waals surface area contributed by atoms with Crippen LogP contribution in [0.5, 0.6) is 0 Å². The van der Waals surface area contributed by atoms with Crippen LogP contribution < -0.4 is 0 Å². The minimum Gasteiger partial charge on any atom is -0.294 e. The molecule has 1 aromatic rings. The van der Waals surface area contributed by atoms with E-state index in [4.69, 9.17) is 0 Å². The number of rotatable bonds is 3. The van der Waals surface area contributed by atoms with Crippen molar-refractivity contribution in [2.75, 3.05) is 0 Å². The maximum absolute atomic E-state index is 13.2. The summed E-state index contributed by atoms with van der Waals surface area (Å²) in [4.78, 5) is 11.3. The van der Waals surface area contributed by atoms with Gasteiger partial charge in [-0.3, -0.25) is 4.79 Å². The average molecular weight is 263 g/mol. The average Bonchev–Trinajstić information content (AvgIpc) is 2.11. The summed E-state index contributed by atoms with van der Waals surface area (Å²) in [6, 6.07) is 1.90. The summed E-state index contributed by atoms with van der Waals surface area (Å²) in [5.74, 6) is -1.67. The van der Waals surface area contributed by atoms with Crippen molar-refractivity contribution >= 4 is 21.7 Å². The summed E-state index contributed by atoms with van der Waals surface area (Å²) in [7, 11) is 0. The molecule has 0 amide bonds. The Labute approximate surface area is 89.3 Å². The molecule has 0 unspecified atom stereocenters. The van der Waals surface area contributed by atoms with Gasteiger partial charge in [-0.15, -0.1) is 0 Å². The third-order valence-electron chi connectivity index (χ3n) is 1.79. The first-order valence-corrected chi connectivity index (χ1v) is 5.03. The SMILES string of the molecule is CCCC(=O)c1cc(F)c(Br)cc1F. The molecule has 0 aliphatic rings. The number of carbonyl (C=O) groups excluding carboxylic acids is 1. The Bertz CT molecular complexity index is 363. The van der Waals surface area contributed by atoms with Gasteiger partial charge < -0.3 is 0 Å². The van der Waals surface area contributed by atoms with E-state index in [9.17, 15) is 13.6 Å². The van der Waals surface area contributed by atoms with Crippen molar-refractivity contribution in [3.8, 4) is 0 Å². The van der Waals surface area contributed by atoms with Crippen molar-refractivity contribution in [1.29, 1.82) is 0 Å². The quantitative estimate of drug-likeness (QED) is 0.600. The maximum Gasteiger partial charge on any atom is 0.165 e. The highest BCUT2D eigenvalue weighted by Crippen LogP contribution is 2.21. The molecule has 14 heavy (non-hydrogen) atoms. The largest absolute Gasteiger partial charge is 0.294 e. The molecule has 0 fully saturated rings. The predicted octanol–water partition coefficient (Wildman–Crippen LogP) is 3.71. The first-order chi connectivity index (χ1) is 6.56. The maximum atomic E-state index is 13.2. The summed E-state index contributed by atoms with van der Waals surface area (Å²) in [5.41, 5.74) is -0.174. The first-order valence-electron chi connectivity index (χ1n) is 4.24. The molecule has 4 heteroatoms. The van der Waals surface area contributed by atoms with Crippen LogP contribution in [0.1, 0.15) is 30.1 Å². The summed E-state index contributed by atoms with van der Waals surface area (Å²) in [6.45, 7) is 1.81. The van der Waals surface area contributed by atoms with Crippen molar-refractivity contribution in [1.82, 2.24) is 0 Å². The third-order valence-corrected chi connectivity index (χ3v) is 2.40. The lowest BCUT2D eigenvalue weighted by Gasteiger charge is -2.02. The van der Waals surface area contributed by atoms with E-state index in [1.165, 1.54) is 0 Å². The zero-order chi connectivity index (χ0) is 10.7. The Kier molecular flexibility index (Phi) is 3.75. The van der Waals surface area contributed by atoms with Gasteiger partial charge in [0.05, 0.1) is 10.0 Å². The van der Waals surface area contributed by atoms with Gasteiger partial charge in [0.15, 0.2) is 5.78 Å². The molecular formula is C10H9BrF2O. The van der Waals surface area contributed by atoms with Crippen molar-refractivity contribution in [2.24, 2.45) is 0 Å². The predicted molar refractivity (Wildman–Crippen MR) is 53.3 cm³/mol. The van der Waals surface area contributed by atoms with Crippen molar-refractivity contribution in [2.45, 2.75) is 19.8 Å². The summed E-state index contributed by atoms with van der Waals surface area (Å²) >= 11 is 2.84. The van der Waals surface area contributed by atoms with E-state index in [-0.39, 0.29) is 22.2 Å². The van der Waals surface area contributed by atoms with Gasteiger partial charge in [-0.2, -0.15) is 0 Å². The topological polar surface area (TPSA) is 17.1 Å². The summed E-state index contributed by atoms with van der Waals surface area (Å²) in [6.07, 6.45) is 0.855. The molecule has 0 spiro atoms. The van der Waals surface area contributed by atoms with Crippen LogP contribution in [0, 0.1) is 11.6 Å². The molecule has 0 atom stereocenters. The minimum atomic E-state index is -0.684. The highest BCUT2D eigenvalue weighted by Gasteiger charge is 2.14. The monoisotopic (exact) mass is 262 g/mol. The first kappa shape index (κ1) is 11.3. The van der Waals surface area contributed by atoms with E-state index in [1.807, 2.05) is 6.92 Å². The van der Waals surface area contributed by atoms with Crippen molar-refractivity contribution in [3.05, 3.63) is 33.8 Å². The highest BCUT2D eigenvalue weighted by atomic mass is 79.9. The normalized spacial score (nSPS) is 10.3. The smallest absolute Gasteiger partial charge is 0.165 e. The van der Waals surface area contributed by atoms with Gasteiger partial charge in [0.25, 0.3) is 0 Å². The standard InChI is InChI=1S/C10H9BrF2O/c1-2-3-10(14)6-4-9(13)7(11)5-8(6)12/h4-5H,2-3H2,1H3. The molecule has 1 rings (SSSR count). The van der Waals surface area contributed by atoms with Gasteiger partial charge >= 0.3 is 0 Å². The van der Waals surface area contributed by atoms with Crippen molar-refractivity contribution in [3.63, 3.8) is 0 Å². The molecule has 1 nitrogen and oxygen atoms in total. The fraction of sp³-hybridized carbons (Fsp3) is 0.300. The van der Waals surface area contributed by atoms with Gasteiger partial charge in [-0.05, 0) is 34.5 Å². The number of hydrogen-bond acceptors (Lipinski definition) is 1. The number of ketones is 1. The van der Waals surface area contributed by atoms with E-state index in [2.05, 4.69) is 15.9 Å². The van der Waals surface area contributed by atoms with E-state index in [1.54, 1.807) is 0 Å². The molecule has 1 aromatic carbocycles. The van der Waals surface area contributed by atoms with Crippen LogP contribution in [-0.4, -0.2) is 5.78 Å². The van der Waals surface area contributed by atoms with E-state index >= 15 is 0 Å². The molecule has 0 heterocycles. The molecule has 0 aliphatic heterocycles. The Balaban J connectivity index is 3.09. The van der Waals surface area contributed by atoms with Crippen LogP contribution in [0.3, 0.4) is 0 Å². The second-order valence-electron chi connectivity index (χ2n) is 2.92. The zero-order valence-electron chi connectivity index (χ0n) is 7.61. The van der Waals surface area contributed by atoms with E-state index in [0.29, 0.717) is 6.42 Å². The molecular weight excluding hydrogens is 254 g/mol. The Hall–Kier alpha value is -0.770. The van der Waals surface area contributed by atoms with Crippen LogP contribution in [-0.2, 0) is 0 Å². The number of hydrogen-bond donors (Lipinski definition) is 0. The van der Waals surface area contributed by atoms with Crippen molar-refractivity contribution < 1.29 is 13.6 Å². The number of benzene rings is 1. The fourth-order valence-corrected chi connectivity index (χ4v) is 1.41. The van der Waals surface area contributed by atoms with Gasteiger partial charge in [0, 0.05) is 6.42 Å². The second-order valence-corrected chi connectivity index (χ2v) is 3.77. The minimum absolute atomic E-state index is 0.0306. The van der Waals surface area contributed by atoms with Crippen LogP contribution in [0.2, 0.25) is 0 Å². The second kappa shape index (κ2) is 4.64. The molecule has 0 radical (unpaired) electrons. The van der Waals surface area contributed by atoms with E-state index in [0.717, 1.165) is 12.1 Å². The van der Waals surface area contributed by atoms with Gasteiger partial charge in [-0.1, -0.05) is 6.92 Å². The molecule has 0 aromatic heterocycles. The van der Waals surface area contributed by atoms with Gasteiger partial charge in [0.2, 0.25) is 0 Å². The number of Topliss-reactive ketones (excluding diaryl/α,β-unsaturated/α-hetero) is 1. The molecule has 0 N–H and O–H groups in total. The van der Waals surface area contributed by atoms with Crippen LogP contribution in [0.25, 0.3) is 0 Å². The summed E-state index contributed by atoms with van der Waals surface area (Å²) < 4.78 is 26.2. The molecule has 0 saturated heterocycles. The number of halogens is 3. The molecule has 0 saturated carbocycles. The Morgan fingerprint density at radius 1 is 1.36 bits per heavy atom. The lowest BCUT2D eigenvalue weighted by Crippen LogP contribution is -2.02. The summed E-state index contributed by atoms with van der Waals surface area (Å²) in [5, 5.41) is 0. The lowest BCUT2D eigenvalue weighted by molar-refractivity contribution is 0.0977. The fourth-order valence-electron chi connectivity index (χ4n) is 1.10. The number of carbonyl (C=O) groups is 1. The molecule has 0 aliphatic carbocycles. The zero-order valence-corrected chi connectivity index (χ0v) is 9.20. The van der Waals surface area contributed by atoms with Crippen LogP contribution in [0.4, 0.5) is 8.78 Å². The molecule has 76 valence electrons. The van der Waals surface area contributed by atoms with E-state index < -0.39 is 11.6 Å². The highest BCUT2D eigenvalue weighted by molar-refractivity contribution is 9.10. The Morgan fingerprint density at radius 3 is 2.57 bits per heavy atom. The lowest BCUT2D eigenvalue weighted by atomic mass is 10.1. The molecule has 0 bridgehead atoms. The van der Waals surface area contributed by atoms with Gasteiger partial charge in [-0.25, -0.2) is 8.78 Å².